The highest BCUT2D eigenvalue weighted by molar-refractivity contribution is 6.39. The van der Waals surface area contributed by atoms with Crippen LogP contribution in [0.1, 0.15) is 19.3 Å². The van der Waals surface area contributed by atoms with Gasteiger partial charge in [-0.3, -0.25) is 14.5 Å². The average molecular weight is 368 g/mol. The predicted octanol–water partition coefficient (Wildman–Crippen LogP) is 3.29. The smallest absolute Gasteiger partial charge is 0.320 e. The molecule has 1 fully saturated rings. The quantitative estimate of drug-likeness (QED) is 0.857. The first-order valence-electron chi connectivity index (χ1n) is 6.69. The van der Waals surface area contributed by atoms with Crippen molar-refractivity contribution in [2.24, 2.45) is 0 Å². The van der Waals surface area contributed by atoms with Crippen LogP contribution in [0.25, 0.3) is 0 Å². The van der Waals surface area contributed by atoms with E-state index in [4.69, 9.17) is 23.2 Å². The molecular formula is C14H17Cl3N2O3. The van der Waals surface area contributed by atoms with Crippen LogP contribution >= 0.6 is 35.6 Å². The number of nitrogens with zero attached hydrogens (tertiary/aromatic N) is 1. The maximum absolute atomic E-state index is 12.1. The molecule has 0 spiro atoms. The lowest BCUT2D eigenvalue weighted by Crippen LogP contribution is -2.47. The lowest BCUT2D eigenvalue weighted by atomic mass is 10.0. The number of likely N-dealkylation sites (tertiary alicyclic amines) is 1. The summed E-state index contributed by atoms with van der Waals surface area (Å²) in [5.41, 5.74) is 0.356. The van der Waals surface area contributed by atoms with E-state index in [0.717, 1.165) is 12.8 Å². The second kappa shape index (κ2) is 8.58. The summed E-state index contributed by atoms with van der Waals surface area (Å²) in [5, 5.41) is 12.5. The van der Waals surface area contributed by atoms with E-state index < -0.39 is 12.0 Å². The van der Waals surface area contributed by atoms with Crippen LogP contribution in [0.15, 0.2) is 18.2 Å². The number of para-hydroxylation sites is 1. The van der Waals surface area contributed by atoms with Crippen LogP contribution in [0.2, 0.25) is 10.0 Å². The summed E-state index contributed by atoms with van der Waals surface area (Å²) < 4.78 is 0. The first-order chi connectivity index (χ1) is 9.99. The first-order valence-corrected chi connectivity index (χ1v) is 7.45. The van der Waals surface area contributed by atoms with Crippen molar-refractivity contribution in [1.82, 2.24) is 4.90 Å². The molecule has 2 rings (SSSR count). The van der Waals surface area contributed by atoms with Crippen molar-refractivity contribution < 1.29 is 14.7 Å². The zero-order chi connectivity index (χ0) is 15.4. The zero-order valence-electron chi connectivity index (χ0n) is 11.7. The van der Waals surface area contributed by atoms with Crippen molar-refractivity contribution in [3.8, 4) is 0 Å². The lowest BCUT2D eigenvalue weighted by Gasteiger charge is -2.32. The monoisotopic (exact) mass is 366 g/mol. The summed E-state index contributed by atoms with van der Waals surface area (Å²) in [5.74, 6) is -1.21. The SMILES string of the molecule is Cl.O=C(CN1CCCCC1C(=O)O)Nc1c(Cl)cccc1Cl. The van der Waals surface area contributed by atoms with Crippen molar-refractivity contribution in [3.63, 3.8) is 0 Å². The lowest BCUT2D eigenvalue weighted by molar-refractivity contribution is -0.145. The Kier molecular flexibility index (Phi) is 7.42. The second-order valence-electron chi connectivity index (χ2n) is 4.97. The van der Waals surface area contributed by atoms with Crippen LogP contribution in [-0.2, 0) is 9.59 Å². The van der Waals surface area contributed by atoms with Crippen molar-refractivity contribution >= 4 is 53.2 Å². The minimum atomic E-state index is -0.890. The number of carbonyl (C=O) groups excluding carboxylic acids is 1. The van der Waals surface area contributed by atoms with Crippen molar-refractivity contribution in [2.75, 3.05) is 18.4 Å². The third-order valence-electron chi connectivity index (χ3n) is 3.47. The fraction of sp³-hybridized carbons (Fsp3) is 0.429. The normalized spacial score (nSPS) is 18.4. The minimum absolute atomic E-state index is 0. The van der Waals surface area contributed by atoms with Gasteiger partial charge in [-0.1, -0.05) is 35.7 Å². The molecule has 1 atom stereocenters. The highest BCUT2D eigenvalue weighted by Crippen LogP contribution is 2.29. The largest absolute Gasteiger partial charge is 0.480 e. The molecule has 8 heteroatoms. The van der Waals surface area contributed by atoms with Gasteiger partial charge in [0.1, 0.15) is 6.04 Å². The van der Waals surface area contributed by atoms with Gasteiger partial charge in [-0.25, -0.2) is 0 Å². The molecule has 0 radical (unpaired) electrons. The van der Waals surface area contributed by atoms with Crippen molar-refractivity contribution in [2.45, 2.75) is 25.3 Å². The molecule has 2 N–H and O–H groups in total. The van der Waals surface area contributed by atoms with Gasteiger partial charge in [0, 0.05) is 0 Å². The Morgan fingerprint density at radius 3 is 2.50 bits per heavy atom. The number of anilines is 1. The van der Waals surface area contributed by atoms with Gasteiger partial charge in [-0.2, -0.15) is 0 Å². The summed E-state index contributed by atoms with van der Waals surface area (Å²) >= 11 is 12.0. The Morgan fingerprint density at radius 1 is 1.27 bits per heavy atom. The first kappa shape index (κ1) is 19.0. The molecule has 0 aromatic heterocycles. The predicted molar refractivity (Wildman–Crippen MR) is 89.2 cm³/mol. The molecule has 1 amide bonds. The number of carboxylic acid groups (broad SMARTS) is 1. The van der Waals surface area contributed by atoms with E-state index in [2.05, 4.69) is 5.32 Å². The number of aliphatic carboxylic acids is 1. The van der Waals surface area contributed by atoms with Crippen molar-refractivity contribution in [1.29, 1.82) is 0 Å². The van der Waals surface area contributed by atoms with Gasteiger partial charge in [0.25, 0.3) is 0 Å². The highest BCUT2D eigenvalue weighted by Gasteiger charge is 2.29. The summed E-state index contributed by atoms with van der Waals surface area (Å²) in [7, 11) is 0. The standard InChI is InChI=1S/C14H16Cl2N2O3.ClH/c15-9-4-3-5-10(16)13(9)17-12(19)8-18-7-2-1-6-11(18)14(20)21;/h3-5,11H,1-2,6-8H2,(H,17,19)(H,20,21);1H. The van der Waals surface area contributed by atoms with Gasteiger partial charge in [0.05, 0.1) is 22.3 Å². The summed E-state index contributed by atoms with van der Waals surface area (Å²) in [6, 6.07) is 4.34. The minimum Gasteiger partial charge on any atom is -0.480 e. The van der Waals surface area contributed by atoms with Crippen LogP contribution in [0.3, 0.4) is 0 Å². The fourth-order valence-corrected chi connectivity index (χ4v) is 2.93. The number of nitrogens with one attached hydrogen (secondary N) is 1. The molecular weight excluding hydrogens is 351 g/mol. The highest BCUT2D eigenvalue weighted by atomic mass is 35.5. The van der Waals surface area contributed by atoms with Gasteiger partial charge in [0.2, 0.25) is 5.91 Å². The molecule has 0 aliphatic carbocycles. The Balaban J connectivity index is 0.00000242. The molecule has 1 aromatic carbocycles. The number of amides is 1. The number of rotatable bonds is 4. The Bertz CT molecular complexity index is 534. The zero-order valence-corrected chi connectivity index (χ0v) is 14.0. The number of benzene rings is 1. The molecule has 122 valence electrons. The van der Waals surface area contributed by atoms with Gasteiger partial charge < -0.3 is 10.4 Å². The molecule has 0 saturated carbocycles. The Hall–Kier alpha value is -1.01. The number of halogens is 3. The van der Waals surface area contributed by atoms with Crippen LogP contribution in [0.5, 0.6) is 0 Å². The van der Waals surface area contributed by atoms with Gasteiger partial charge >= 0.3 is 5.97 Å². The van der Waals surface area contributed by atoms with E-state index in [1.165, 1.54) is 0 Å². The van der Waals surface area contributed by atoms with Crippen LogP contribution in [0, 0.1) is 0 Å². The number of carbonyl (C=O) groups is 2. The maximum Gasteiger partial charge on any atom is 0.320 e. The topological polar surface area (TPSA) is 69.6 Å². The number of hydrogen-bond acceptors (Lipinski definition) is 3. The summed E-state index contributed by atoms with van der Waals surface area (Å²) in [6.45, 7) is 0.610. The van der Waals surface area contributed by atoms with Crippen LogP contribution < -0.4 is 5.32 Å². The Labute approximate surface area is 145 Å². The molecule has 0 bridgehead atoms. The molecule has 1 unspecified atom stereocenters. The molecule has 1 aliphatic rings. The van der Waals surface area contributed by atoms with E-state index in [-0.39, 0.29) is 24.9 Å². The van der Waals surface area contributed by atoms with Gasteiger partial charge in [-0.05, 0) is 31.5 Å². The summed E-state index contributed by atoms with van der Waals surface area (Å²) in [4.78, 5) is 25.0. The van der Waals surface area contributed by atoms with E-state index in [9.17, 15) is 14.7 Å². The molecule has 5 nitrogen and oxygen atoms in total. The van der Waals surface area contributed by atoms with Crippen LogP contribution in [0.4, 0.5) is 5.69 Å². The Morgan fingerprint density at radius 2 is 1.91 bits per heavy atom. The summed E-state index contributed by atoms with van der Waals surface area (Å²) in [6.07, 6.45) is 2.32. The third kappa shape index (κ3) is 4.74. The number of piperidine rings is 1. The average Bonchev–Trinajstić information content (AvgIpc) is 2.43. The fourth-order valence-electron chi connectivity index (χ4n) is 2.44. The van der Waals surface area contributed by atoms with E-state index >= 15 is 0 Å². The second-order valence-corrected chi connectivity index (χ2v) is 5.78. The molecule has 1 aromatic rings. The van der Waals surface area contributed by atoms with Crippen LogP contribution in [-0.4, -0.2) is 41.0 Å². The van der Waals surface area contributed by atoms with Crippen molar-refractivity contribution in [3.05, 3.63) is 28.2 Å². The molecule has 1 aliphatic heterocycles. The number of carboxylic acids is 1. The van der Waals surface area contributed by atoms with E-state index in [1.54, 1.807) is 23.1 Å². The van der Waals surface area contributed by atoms with E-state index in [0.29, 0.717) is 28.7 Å². The van der Waals surface area contributed by atoms with Gasteiger partial charge in [0.15, 0.2) is 0 Å². The molecule has 1 heterocycles. The maximum atomic E-state index is 12.1. The third-order valence-corrected chi connectivity index (χ3v) is 4.10. The molecule has 1 saturated heterocycles. The van der Waals surface area contributed by atoms with E-state index in [1.807, 2.05) is 0 Å². The van der Waals surface area contributed by atoms with Gasteiger partial charge in [-0.15, -0.1) is 12.4 Å². The number of hydrogen-bond donors (Lipinski definition) is 2. The molecule has 22 heavy (non-hydrogen) atoms.